The predicted molar refractivity (Wildman–Crippen MR) is 129 cm³/mol. The van der Waals surface area contributed by atoms with Crippen LogP contribution >= 0.6 is 11.6 Å². The fourth-order valence-electron chi connectivity index (χ4n) is 2.00. The van der Waals surface area contributed by atoms with Crippen molar-refractivity contribution in [3.05, 3.63) is 77.9 Å². The monoisotopic (exact) mass is 524 g/mol. The van der Waals surface area contributed by atoms with Gasteiger partial charge in [0.05, 0.1) is 12.0 Å². The number of benzene rings is 1. The molecule has 6 N–H and O–H groups in total. The molecule has 194 valence electrons. The Morgan fingerprint density at radius 2 is 1.44 bits per heavy atom. The van der Waals surface area contributed by atoms with E-state index in [1.165, 1.54) is 0 Å². The fourth-order valence-corrected chi connectivity index (χ4v) is 2.13. The second-order valence-corrected chi connectivity index (χ2v) is 6.67. The molecule has 0 unspecified atom stereocenters. The minimum absolute atomic E-state index is 0.405. The molecule has 0 amide bonds. The Labute approximate surface area is 210 Å². The quantitative estimate of drug-likeness (QED) is 0.123. The second kappa shape index (κ2) is 18.9. The highest BCUT2D eigenvalue weighted by Gasteiger charge is 2.05. The molecule has 0 saturated carbocycles. The van der Waals surface area contributed by atoms with E-state index >= 15 is 0 Å². The fraction of sp³-hybridized carbons (Fsp3) is 0.182. The number of imidazole rings is 1. The third-order valence-electron chi connectivity index (χ3n) is 3.46. The summed E-state index contributed by atoms with van der Waals surface area (Å²) in [6, 6.07) is 7.54. The summed E-state index contributed by atoms with van der Waals surface area (Å²) in [7, 11) is 0. The zero-order valence-electron chi connectivity index (χ0n) is 18.8. The first-order valence-corrected chi connectivity index (χ1v) is 10.3. The van der Waals surface area contributed by atoms with Crippen LogP contribution in [0.4, 0.5) is 0 Å². The third-order valence-corrected chi connectivity index (χ3v) is 3.72. The zero-order valence-corrected chi connectivity index (χ0v) is 19.6. The number of halogens is 1. The Morgan fingerprint density at radius 3 is 1.83 bits per heavy atom. The number of oxime groups is 1. The molecule has 0 bridgehead atoms. The van der Waals surface area contributed by atoms with Crippen LogP contribution in [-0.4, -0.2) is 72.7 Å². The van der Waals surface area contributed by atoms with E-state index in [1.807, 2.05) is 35.0 Å². The number of aliphatic carboxylic acids is 4. The molecule has 0 atom stereocenters. The summed E-state index contributed by atoms with van der Waals surface area (Å²) in [6.45, 7) is 1.63. The summed E-state index contributed by atoms with van der Waals surface area (Å²) in [5.74, 6) is -5.03. The van der Waals surface area contributed by atoms with Gasteiger partial charge >= 0.3 is 23.9 Å². The highest BCUT2D eigenvalue weighted by Crippen LogP contribution is 2.12. The number of carbonyl (C=O) groups is 4. The van der Waals surface area contributed by atoms with Crippen molar-refractivity contribution >= 4 is 41.2 Å². The largest absolute Gasteiger partial charge is 0.478 e. The van der Waals surface area contributed by atoms with Crippen LogP contribution in [0.1, 0.15) is 12.0 Å². The van der Waals surface area contributed by atoms with Crippen molar-refractivity contribution in [3.8, 4) is 0 Å². The van der Waals surface area contributed by atoms with E-state index in [0.29, 0.717) is 42.5 Å². The van der Waals surface area contributed by atoms with Crippen molar-refractivity contribution < 1.29 is 44.4 Å². The molecule has 0 radical (unpaired) electrons. The number of carboxylic acid groups (broad SMARTS) is 4. The molecule has 0 aliphatic heterocycles. The number of hydrogen-bond acceptors (Lipinski definition) is 8. The van der Waals surface area contributed by atoms with Gasteiger partial charge in [-0.3, -0.25) is 0 Å². The van der Waals surface area contributed by atoms with Gasteiger partial charge in [-0.1, -0.05) is 28.9 Å². The highest BCUT2D eigenvalue weighted by atomic mass is 35.5. The molecule has 2 aromatic rings. The molecule has 0 fully saturated rings. The maximum absolute atomic E-state index is 9.55. The van der Waals surface area contributed by atoms with Gasteiger partial charge in [-0.25, -0.2) is 24.2 Å². The molecule has 2 rings (SSSR count). The van der Waals surface area contributed by atoms with Crippen LogP contribution < -0.4 is 5.73 Å². The van der Waals surface area contributed by atoms with Crippen LogP contribution in [0, 0.1) is 0 Å². The van der Waals surface area contributed by atoms with Crippen LogP contribution in [0.15, 0.2) is 72.4 Å². The van der Waals surface area contributed by atoms with Gasteiger partial charge in [0.2, 0.25) is 0 Å². The third kappa shape index (κ3) is 18.0. The van der Waals surface area contributed by atoms with Gasteiger partial charge in [0.1, 0.15) is 6.61 Å². The topological polar surface area (TPSA) is 215 Å². The molecule has 1 aromatic carbocycles. The van der Waals surface area contributed by atoms with E-state index < -0.39 is 23.9 Å². The second-order valence-electron chi connectivity index (χ2n) is 6.24. The molecule has 13 nitrogen and oxygen atoms in total. The van der Waals surface area contributed by atoms with Crippen molar-refractivity contribution in [2.24, 2.45) is 10.9 Å². The Balaban J connectivity index is 0.000000634. The highest BCUT2D eigenvalue weighted by molar-refractivity contribution is 6.30. The van der Waals surface area contributed by atoms with Gasteiger partial charge in [0.25, 0.3) is 0 Å². The van der Waals surface area contributed by atoms with Crippen molar-refractivity contribution in [2.75, 3.05) is 13.2 Å². The molecular weight excluding hydrogens is 500 g/mol. The first-order valence-electron chi connectivity index (χ1n) is 9.93. The van der Waals surface area contributed by atoms with E-state index in [4.69, 9.17) is 42.6 Å². The van der Waals surface area contributed by atoms with Crippen LogP contribution in [0.5, 0.6) is 0 Å². The number of aryl methyl sites for hydroxylation is 1. The number of rotatable bonds is 11. The van der Waals surface area contributed by atoms with Gasteiger partial charge in [0, 0.05) is 61.2 Å². The summed E-state index contributed by atoms with van der Waals surface area (Å²) >= 11 is 5.90. The molecule has 0 aliphatic carbocycles. The van der Waals surface area contributed by atoms with Crippen LogP contribution in [0.2, 0.25) is 5.02 Å². The predicted octanol–water partition coefficient (Wildman–Crippen LogP) is 1.73. The Bertz CT molecular complexity index is 984. The standard InChI is InChI=1S/C14H17ClN4O.2C4H4O4/c15-13-3-1-12(2-4-13)14(18-20-10-6-16)5-8-19-9-7-17-11-19;2*5-3(6)1-2-4(7)8/h1-4,7,9,11H,5-6,8,10,16H2;2*1-2H,(H,5,6)(H,7,8). The number of aromatic nitrogens is 2. The average molecular weight is 525 g/mol. The molecule has 1 aromatic heterocycles. The first kappa shape index (κ1) is 31.5. The smallest absolute Gasteiger partial charge is 0.328 e. The van der Waals surface area contributed by atoms with E-state index in [9.17, 15) is 19.2 Å². The number of nitrogens with two attached hydrogens (primary N) is 1. The van der Waals surface area contributed by atoms with E-state index in [-0.39, 0.29) is 0 Å². The lowest BCUT2D eigenvalue weighted by Crippen LogP contribution is -2.10. The molecule has 0 spiro atoms. The molecule has 1 heterocycles. The van der Waals surface area contributed by atoms with Crippen LogP contribution in [0.25, 0.3) is 0 Å². The average Bonchev–Trinajstić information content (AvgIpc) is 3.34. The summed E-state index contributed by atoms with van der Waals surface area (Å²) in [4.78, 5) is 47.4. The number of nitrogens with zero attached hydrogens (tertiary/aromatic N) is 3. The Morgan fingerprint density at radius 1 is 0.944 bits per heavy atom. The van der Waals surface area contributed by atoms with E-state index in [2.05, 4.69) is 10.1 Å². The van der Waals surface area contributed by atoms with Gasteiger partial charge in [-0.2, -0.15) is 0 Å². The van der Waals surface area contributed by atoms with Crippen molar-refractivity contribution in [3.63, 3.8) is 0 Å². The lowest BCUT2D eigenvalue weighted by atomic mass is 10.1. The van der Waals surface area contributed by atoms with Gasteiger partial charge < -0.3 is 35.6 Å². The summed E-state index contributed by atoms with van der Waals surface area (Å²) in [5.41, 5.74) is 7.26. The van der Waals surface area contributed by atoms with E-state index in [0.717, 1.165) is 24.2 Å². The summed E-state index contributed by atoms with van der Waals surface area (Å²) in [5, 5.41) is 36.1. The Kier molecular flexibility index (Phi) is 16.5. The minimum atomic E-state index is -1.26. The van der Waals surface area contributed by atoms with Gasteiger partial charge in [0.15, 0.2) is 0 Å². The maximum atomic E-state index is 9.55. The van der Waals surface area contributed by atoms with Crippen molar-refractivity contribution in [2.45, 2.75) is 13.0 Å². The first-order chi connectivity index (χ1) is 17.0. The molecular formula is C22H25ClN4O9. The lowest BCUT2D eigenvalue weighted by Gasteiger charge is -2.08. The maximum Gasteiger partial charge on any atom is 0.328 e. The van der Waals surface area contributed by atoms with Gasteiger partial charge in [-0.05, 0) is 17.7 Å². The number of carboxylic acids is 4. The Hall–Kier alpha value is -4.49. The van der Waals surface area contributed by atoms with Crippen molar-refractivity contribution in [1.82, 2.24) is 9.55 Å². The summed E-state index contributed by atoms with van der Waals surface area (Å²) in [6.07, 6.45) is 8.42. The number of hydrogen-bond donors (Lipinski definition) is 5. The normalized spacial score (nSPS) is 10.7. The molecule has 14 heteroatoms. The van der Waals surface area contributed by atoms with Crippen LogP contribution in [0.3, 0.4) is 0 Å². The van der Waals surface area contributed by atoms with Crippen molar-refractivity contribution in [1.29, 1.82) is 0 Å². The molecule has 0 saturated heterocycles. The minimum Gasteiger partial charge on any atom is -0.478 e. The zero-order chi connectivity index (χ0) is 27.3. The lowest BCUT2D eigenvalue weighted by molar-refractivity contribution is -0.134. The van der Waals surface area contributed by atoms with E-state index in [1.54, 1.807) is 12.5 Å². The summed E-state index contributed by atoms with van der Waals surface area (Å²) < 4.78 is 1.99. The van der Waals surface area contributed by atoms with Gasteiger partial charge in [-0.15, -0.1) is 0 Å². The molecule has 36 heavy (non-hydrogen) atoms. The van der Waals surface area contributed by atoms with Crippen LogP contribution in [-0.2, 0) is 30.6 Å². The molecule has 0 aliphatic rings. The SMILES string of the molecule is NCCON=C(CCn1ccnc1)c1ccc(Cl)cc1.O=C(O)C=CC(=O)O.O=C(O)C=CC(=O)O.